The Kier molecular flexibility index (Phi) is 7.75. The summed E-state index contributed by atoms with van der Waals surface area (Å²) in [6.45, 7) is 3.29. The third kappa shape index (κ3) is 7.04. The van der Waals surface area contributed by atoms with Gasteiger partial charge in [-0.25, -0.2) is 0 Å². The van der Waals surface area contributed by atoms with Crippen LogP contribution in [0.25, 0.3) is 0 Å². The van der Waals surface area contributed by atoms with Crippen LogP contribution in [0.4, 0.5) is 37.7 Å². The molecule has 0 aliphatic carbocycles. The van der Waals surface area contributed by atoms with Gasteiger partial charge >= 0.3 is 19.9 Å². The van der Waals surface area contributed by atoms with E-state index in [-0.39, 0.29) is 5.69 Å². The minimum Gasteiger partial charge on any atom is -0.457 e. The number of nitrogen functional groups attached to an aromatic ring is 1. The lowest BCUT2D eigenvalue weighted by atomic mass is 10.1. The van der Waals surface area contributed by atoms with Crippen molar-refractivity contribution >= 4 is 19.0 Å². The zero-order chi connectivity index (χ0) is 24.3. The van der Waals surface area contributed by atoms with Gasteiger partial charge in [-0.05, 0) is 37.6 Å². The van der Waals surface area contributed by atoms with Crippen molar-refractivity contribution in [3.05, 3.63) is 47.5 Å². The van der Waals surface area contributed by atoms with E-state index in [4.69, 9.17) is 15.0 Å². The van der Waals surface area contributed by atoms with Crippen LogP contribution in [-0.2, 0) is 21.4 Å². The van der Waals surface area contributed by atoms with Gasteiger partial charge in [0.05, 0.1) is 23.0 Å². The van der Waals surface area contributed by atoms with E-state index in [2.05, 4.69) is 5.32 Å². The van der Waals surface area contributed by atoms with E-state index in [1.165, 1.54) is 0 Å². The lowest BCUT2D eigenvalue weighted by Crippen LogP contribution is -2.13. The van der Waals surface area contributed by atoms with Gasteiger partial charge in [0.2, 0.25) is 0 Å². The summed E-state index contributed by atoms with van der Waals surface area (Å²) in [5, 5.41) is 2.43. The lowest BCUT2D eigenvalue weighted by Gasteiger charge is -2.20. The van der Waals surface area contributed by atoms with E-state index in [0.29, 0.717) is 18.6 Å². The molecule has 178 valence electrons. The van der Waals surface area contributed by atoms with E-state index in [9.17, 15) is 35.8 Å². The average Bonchev–Trinajstić information content (AvgIpc) is 2.66. The van der Waals surface area contributed by atoms with Gasteiger partial charge in [0, 0.05) is 6.07 Å². The zero-order valence-corrected chi connectivity index (χ0v) is 17.8. The van der Waals surface area contributed by atoms with Crippen LogP contribution in [0.15, 0.2) is 36.4 Å². The van der Waals surface area contributed by atoms with Crippen LogP contribution < -0.4 is 15.8 Å². The minimum atomic E-state index is -4.93. The first-order chi connectivity index (χ1) is 14.6. The SMILES string of the molecule is CCC(C)OP(=O)(O)CNc1cc(Oc2cccc(C(F)(F)F)c2)c(C(F)(F)F)cc1N. The number of anilines is 2. The van der Waals surface area contributed by atoms with Gasteiger partial charge in [0.1, 0.15) is 23.3 Å². The highest BCUT2D eigenvalue weighted by Gasteiger charge is 2.36. The Morgan fingerprint density at radius 1 is 1.12 bits per heavy atom. The van der Waals surface area contributed by atoms with E-state index in [1.54, 1.807) is 13.8 Å². The van der Waals surface area contributed by atoms with Crippen molar-refractivity contribution in [2.45, 2.75) is 38.7 Å². The van der Waals surface area contributed by atoms with E-state index in [0.717, 1.165) is 24.3 Å². The molecule has 2 rings (SSSR count). The zero-order valence-electron chi connectivity index (χ0n) is 16.9. The van der Waals surface area contributed by atoms with E-state index in [1.807, 2.05) is 0 Å². The number of nitrogens with two attached hydrogens (primary N) is 1. The second-order valence-electron chi connectivity index (χ2n) is 6.86. The highest BCUT2D eigenvalue weighted by molar-refractivity contribution is 7.52. The molecule has 0 aliphatic rings. The smallest absolute Gasteiger partial charge is 0.420 e. The first kappa shape index (κ1) is 25.8. The Morgan fingerprint density at radius 2 is 1.78 bits per heavy atom. The molecule has 0 aliphatic heterocycles. The molecule has 6 nitrogen and oxygen atoms in total. The van der Waals surface area contributed by atoms with E-state index >= 15 is 0 Å². The first-order valence-corrected chi connectivity index (χ1v) is 11.0. The molecule has 4 N–H and O–H groups in total. The summed E-state index contributed by atoms with van der Waals surface area (Å²) in [5.74, 6) is -1.34. The second kappa shape index (κ2) is 9.60. The number of hydrogen-bond donors (Lipinski definition) is 3. The van der Waals surface area contributed by atoms with Crippen molar-refractivity contribution in [3.63, 3.8) is 0 Å². The largest absolute Gasteiger partial charge is 0.457 e. The number of ether oxygens (including phenoxy) is 1. The molecule has 0 saturated heterocycles. The quantitative estimate of drug-likeness (QED) is 0.225. The van der Waals surface area contributed by atoms with Crippen LogP contribution in [0.5, 0.6) is 11.5 Å². The Balaban J connectivity index is 2.38. The number of hydrogen-bond acceptors (Lipinski definition) is 5. The summed E-state index contributed by atoms with van der Waals surface area (Å²) in [7, 11) is -4.16. The van der Waals surface area contributed by atoms with Gasteiger partial charge < -0.3 is 25.2 Å². The van der Waals surface area contributed by atoms with Crippen molar-refractivity contribution in [2.75, 3.05) is 17.3 Å². The highest BCUT2D eigenvalue weighted by atomic mass is 31.2. The molecule has 32 heavy (non-hydrogen) atoms. The number of nitrogens with one attached hydrogen (secondary N) is 1. The predicted octanol–water partition coefficient (Wildman–Crippen LogP) is 6.47. The summed E-state index contributed by atoms with van der Waals surface area (Å²) in [4.78, 5) is 9.88. The fourth-order valence-electron chi connectivity index (χ4n) is 2.50. The summed E-state index contributed by atoms with van der Waals surface area (Å²) >= 11 is 0. The summed E-state index contributed by atoms with van der Waals surface area (Å²) in [6.07, 6.45) is -10.4. The molecule has 0 amide bonds. The maximum Gasteiger partial charge on any atom is 0.420 e. The van der Waals surface area contributed by atoms with Crippen LogP contribution in [0.2, 0.25) is 0 Å². The van der Waals surface area contributed by atoms with Crippen LogP contribution in [0, 0.1) is 0 Å². The van der Waals surface area contributed by atoms with Gasteiger partial charge in [-0.15, -0.1) is 0 Å². The minimum absolute atomic E-state index is 0.193. The van der Waals surface area contributed by atoms with Gasteiger partial charge in [0.25, 0.3) is 0 Å². The fraction of sp³-hybridized carbons (Fsp3) is 0.368. The molecule has 2 unspecified atom stereocenters. The number of rotatable bonds is 8. The number of alkyl halides is 6. The molecule has 0 radical (unpaired) electrons. The number of halogens is 6. The van der Waals surface area contributed by atoms with Crippen molar-refractivity contribution in [2.24, 2.45) is 0 Å². The Morgan fingerprint density at radius 3 is 2.34 bits per heavy atom. The van der Waals surface area contributed by atoms with E-state index < -0.39 is 60.7 Å². The third-order valence-corrected chi connectivity index (χ3v) is 5.48. The molecule has 0 bridgehead atoms. The summed E-state index contributed by atoms with van der Waals surface area (Å²) in [6, 6.07) is 4.64. The normalized spacial score (nSPS) is 15.2. The van der Waals surface area contributed by atoms with Gasteiger partial charge in [-0.1, -0.05) is 13.0 Å². The molecular weight excluding hydrogens is 465 g/mol. The summed E-state index contributed by atoms with van der Waals surface area (Å²) < 4.78 is 101. The Hall–Kier alpha value is -2.43. The molecule has 0 fully saturated rings. The molecule has 0 spiro atoms. The average molecular weight is 486 g/mol. The molecule has 0 heterocycles. The maximum absolute atomic E-state index is 13.4. The Labute approximate surface area is 179 Å². The molecular formula is C19H21F6N2O4P. The highest BCUT2D eigenvalue weighted by Crippen LogP contribution is 2.46. The monoisotopic (exact) mass is 486 g/mol. The predicted molar refractivity (Wildman–Crippen MR) is 107 cm³/mol. The fourth-order valence-corrected chi connectivity index (χ4v) is 3.65. The Bertz CT molecular complexity index is 997. The van der Waals surface area contributed by atoms with Crippen molar-refractivity contribution < 1.29 is 45.1 Å². The second-order valence-corrected chi connectivity index (χ2v) is 8.66. The molecule has 2 atom stereocenters. The topological polar surface area (TPSA) is 93.8 Å². The van der Waals surface area contributed by atoms with Crippen LogP contribution in [0.1, 0.15) is 31.4 Å². The van der Waals surface area contributed by atoms with Crippen molar-refractivity contribution in [3.8, 4) is 11.5 Å². The lowest BCUT2D eigenvalue weighted by molar-refractivity contribution is -0.139. The van der Waals surface area contributed by atoms with Crippen molar-refractivity contribution in [1.82, 2.24) is 0 Å². The molecule has 2 aromatic carbocycles. The molecule has 0 saturated carbocycles. The van der Waals surface area contributed by atoms with Gasteiger partial charge in [0.15, 0.2) is 0 Å². The van der Waals surface area contributed by atoms with Crippen LogP contribution >= 0.6 is 7.60 Å². The van der Waals surface area contributed by atoms with Gasteiger partial charge in [-0.2, -0.15) is 26.3 Å². The van der Waals surface area contributed by atoms with Crippen LogP contribution in [0.3, 0.4) is 0 Å². The summed E-state index contributed by atoms with van der Waals surface area (Å²) in [5.41, 5.74) is 2.58. The number of benzene rings is 2. The molecule has 0 aromatic heterocycles. The van der Waals surface area contributed by atoms with Gasteiger partial charge in [-0.3, -0.25) is 4.57 Å². The maximum atomic E-state index is 13.4. The molecule has 13 heteroatoms. The first-order valence-electron chi connectivity index (χ1n) is 9.22. The van der Waals surface area contributed by atoms with Crippen molar-refractivity contribution in [1.29, 1.82) is 0 Å². The van der Waals surface area contributed by atoms with Crippen LogP contribution in [-0.4, -0.2) is 17.3 Å². The third-order valence-electron chi connectivity index (χ3n) is 4.24. The standard InChI is InChI=1S/C19H21F6N2O4P/c1-3-11(2)31-32(28,29)10-27-16-9-17(14(8-15(16)26)19(23,24)25)30-13-6-4-5-12(7-13)18(20,21)22/h4-9,11,27H,3,10,26H2,1-2H3,(H,28,29). The molecule has 2 aromatic rings.